The third-order valence-corrected chi connectivity index (χ3v) is 6.84. The van der Waals surface area contributed by atoms with Crippen LogP contribution in [0.4, 0.5) is 26.3 Å². The lowest BCUT2D eigenvalue weighted by Crippen LogP contribution is -2.51. The van der Waals surface area contributed by atoms with E-state index in [0.29, 0.717) is 43.0 Å². The molecule has 0 bridgehead atoms. The van der Waals surface area contributed by atoms with E-state index < -0.39 is 41.0 Å². The third kappa shape index (κ3) is 7.08. The highest BCUT2D eigenvalue weighted by atomic mass is 35.5. The maximum Gasteiger partial charge on any atom is 0.416 e. The molecule has 1 fully saturated rings. The summed E-state index contributed by atoms with van der Waals surface area (Å²) in [4.78, 5) is 14.8. The molecule has 0 saturated carbocycles. The first-order valence-corrected chi connectivity index (χ1v) is 12.4. The summed E-state index contributed by atoms with van der Waals surface area (Å²) in [5, 5.41) is 4.05. The minimum Gasteiger partial charge on any atom is -0.335 e. The number of halogens is 7. The molecule has 0 aliphatic carbocycles. The van der Waals surface area contributed by atoms with Crippen LogP contribution in [0.15, 0.2) is 72.8 Å². The third-order valence-electron chi connectivity index (χ3n) is 6.61. The number of nitrogens with one attached hydrogen (secondary N) is 1. The van der Waals surface area contributed by atoms with Crippen LogP contribution in [0.25, 0.3) is 0 Å². The predicted molar refractivity (Wildman–Crippen MR) is 133 cm³/mol. The van der Waals surface area contributed by atoms with Crippen molar-refractivity contribution >= 4 is 17.5 Å². The highest BCUT2D eigenvalue weighted by Crippen LogP contribution is 2.37. The van der Waals surface area contributed by atoms with Gasteiger partial charge in [-0.15, -0.1) is 0 Å². The lowest BCUT2D eigenvalue weighted by Gasteiger charge is -2.40. The van der Waals surface area contributed by atoms with Crippen LogP contribution >= 0.6 is 11.6 Å². The average molecular weight is 555 g/mol. The largest absolute Gasteiger partial charge is 0.416 e. The number of piperidine rings is 1. The molecule has 1 aliphatic rings. The van der Waals surface area contributed by atoms with Gasteiger partial charge in [0.15, 0.2) is 0 Å². The zero-order valence-electron chi connectivity index (χ0n) is 20.1. The van der Waals surface area contributed by atoms with Crippen molar-refractivity contribution < 1.29 is 31.1 Å². The number of nitrogens with zero attached hydrogens (tertiary/aromatic N) is 1. The Hall–Kier alpha value is -3.04. The van der Waals surface area contributed by atoms with Crippen molar-refractivity contribution in [3.05, 3.63) is 106 Å². The summed E-state index contributed by atoms with van der Waals surface area (Å²) < 4.78 is 80.4. The molecule has 0 spiro atoms. The number of benzene rings is 3. The van der Waals surface area contributed by atoms with Gasteiger partial charge in [0.05, 0.1) is 11.1 Å². The minimum absolute atomic E-state index is 0.0148. The number of likely N-dealkylation sites (tertiary alicyclic amines) is 1. The number of hydrogen-bond donors (Lipinski definition) is 1. The molecule has 10 heteroatoms. The Kier molecular flexibility index (Phi) is 8.37. The van der Waals surface area contributed by atoms with E-state index in [9.17, 15) is 31.1 Å². The molecule has 3 nitrogen and oxygen atoms in total. The molecule has 38 heavy (non-hydrogen) atoms. The van der Waals surface area contributed by atoms with Gasteiger partial charge in [-0.2, -0.15) is 26.3 Å². The number of carbonyl (C=O) groups excluding carboxylic acids is 1. The molecule has 0 aromatic heterocycles. The number of amides is 1. The Balaban J connectivity index is 1.59. The molecule has 0 unspecified atom stereocenters. The van der Waals surface area contributed by atoms with Gasteiger partial charge in [0, 0.05) is 35.8 Å². The summed E-state index contributed by atoms with van der Waals surface area (Å²) in [6.07, 6.45) is -8.68. The quantitative estimate of drug-likeness (QED) is 0.322. The maximum atomic E-state index is 13.4. The summed E-state index contributed by atoms with van der Waals surface area (Å²) >= 11 is 6.06. The first-order valence-electron chi connectivity index (χ1n) is 12.0. The summed E-state index contributed by atoms with van der Waals surface area (Å²) in [6.45, 7) is 0.709. The second kappa shape index (κ2) is 11.4. The second-order valence-electron chi connectivity index (χ2n) is 9.37. The summed E-state index contributed by atoms with van der Waals surface area (Å²) in [7, 11) is 0. The van der Waals surface area contributed by atoms with Gasteiger partial charge >= 0.3 is 12.4 Å². The molecule has 3 aromatic rings. The predicted octanol–water partition coefficient (Wildman–Crippen LogP) is 7.38. The van der Waals surface area contributed by atoms with E-state index in [0.717, 1.165) is 11.1 Å². The van der Waals surface area contributed by atoms with Crippen molar-refractivity contribution in [2.75, 3.05) is 6.54 Å². The minimum atomic E-state index is -5.03. The molecular formula is C28H25ClF6N2O. The van der Waals surface area contributed by atoms with Crippen molar-refractivity contribution in [3.63, 3.8) is 0 Å². The van der Waals surface area contributed by atoms with Crippen molar-refractivity contribution in [1.29, 1.82) is 0 Å². The molecule has 0 radical (unpaired) electrons. The monoisotopic (exact) mass is 554 g/mol. The Morgan fingerprint density at radius 1 is 0.868 bits per heavy atom. The van der Waals surface area contributed by atoms with E-state index in [1.165, 1.54) is 4.90 Å². The molecule has 2 atom stereocenters. The van der Waals surface area contributed by atoms with E-state index in [4.69, 9.17) is 11.6 Å². The normalized spacial score (nSPS) is 18.4. The van der Waals surface area contributed by atoms with E-state index in [1.807, 2.05) is 48.5 Å². The van der Waals surface area contributed by atoms with Gasteiger partial charge in [0.25, 0.3) is 5.91 Å². The zero-order valence-corrected chi connectivity index (χ0v) is 20.9. The first kappa shape index (κ1) is 28.0. The van der Waals surface area contributed by atoms with Crippen LogP contribution in [0.5, 0.6) is 0 Å². The van der Waals surface area contributed by atoms with Gasteiger partial charge in [-0.25, -0.2) is 0 Å². The molecule has 1 saturated heterocycles. The topological polar surface area (TPSA) is 32.3 Å². The highest BCUT2D eigenvalue weighted by molar-refractivity contribution is 6.30. The van der Waals surface area contributed by atoms with Crippen LogP contribution in [0.3, 0.4) is 0 Å². The fourth-order valence-corrected chi connectivity index (χ4v) is 4.95. The fraction of sp³-hybridized carbons (Fsp3) is 0.321. The van der Waals surface area contributed by atoms with Gasteiger partial charge in [-0.3, -0.25) is 4.79 Å². The molecule has 1 N–H and O–H groups in total. The standard InChI is InChI=1S/C28H25ClF6N2O/c29-23-8-4-7-19(11-23)17-36-24-9-10-37(25(16-24)12-18-5-2-1-3-6-18)26(38)20-13-21(27(30,31)32)15-22(14-20)28(33,34)35/h1-8,11,13-15,24-25,36H,9-10,12,16-17H2/t24-,25+/m0/s1. The highest BCUT2D eigenvalue weighted by Gasteiger charge is 2.39. The van der Waals surface area contributed by atoms with Crippen LogP contribution in [0, 0.1) is 0 Å². The van der Waals surface area contributed by atoms with Crippen molar-refractivity contribution in [3.8, 4) is 0 Å². The number of rotatable bonds is 6. The van der Waals surface area contributed by atoms with E-state index in [2.05, 4.69) is 5.32 Å². The molecule has 1 amide bonds. The van der Waals surface area contributed by atoms with Crippen LogP contribution in [-0.4, -0.2) is 29.4 Å². The van der Waals surface area contributed by atoms with Crippen LogP contribution in [-0.2, 0) is 25.3 Å². The molecule has 4 rings (SSSR count). The van der Waals surface area contributed by atoms with E-state index in [1.54, 1.807) is 6.07 Å². The van der Waals surface area contributed by atoms with E-state index >= 15 is 0 Å². The number of hydrogen-bond acceptors (Lipinski definition) is 2. The van der Waals surface area contributed by atoms with Gasteiger partial charge in [-0.05, 0) is 60.7 Å². The zero-order chi connectivity index (χ0) is 27.5. The molecule has 3 aromatic carbocycles. The van der Waals surface area contributed by atoms with E-state index in [-0.39, 0.29) is 18.7 Å². The number of alkyl halides is 6. The maximum absolute atomic E-state index is 13.4. The number of carbonyl (C=O) groups is 1. The van der Waals surface area contributed by atoms with Crippen LogP contribution in [0.2, 0.25) is 5.02 Å². The van der Waals surface area contributed by atoms with Crippen molar-refractivity contribution in [2.45, 2.75) is 50.2 Å². The van der Waals surface area contributed by atoms with Gasteiger partial charge in [-0.1, -0.05) is 54.1 Å². The Morgan fingerprint density at radius 3 is 2.11 bits per heavy atom. The lowest BCUT2D eigenvalue weighted by atomic mass is 9.91. The fourth-order valence-electron chi connectivity index (χ4n) is 4.74. The van der Waals surface area contributed by atoms with Gasteiger partial charge in [0.1, 0.15) is 0 Å². The van der Waals surface area contributed by atoms with Gasteiger partial charge in [0.2, 0.25) is 0 Å². The molecule has 1 heterocycles. The lowest BCUT2D eigenvalue weighted by molar-refractivity contribution is -0.143. The Morgan fingerprint density at radius 2 is 1.50 bits per heavy atom. The van der Waals surface area contributed by atoms with Crippen LogP contribution in [0.1, 0.15) is 45.5 Å². The molecule has 1 aliphatic heterocycles. The van der Waals surface area contributed by atoms with Crippen molar-refractivity contribution in [1.82, 2.24) is 10.2 Å². The van der Waals surface area contributed by atoms with Crippen molar-refractivity contribution in [2.24, 2.45) is 0 Å². The SMILES string of the molecule is O=C(c1cc(C(F)(F)F)cc(C(F)(F)F)c1)N1CC[C@H](NCc2cccc(Cl)c2)C[C@H]1Cc1ccccc1. The molecule has 202 valence electrons. The average Bonchev–Trinajstić information content (AvgIpc) is 2.86. The second-order valence-corrected chi connectivity index (χ2v) is 9.81. The smallest absolute Gasteiger partial charge is 0.335 e. The Bertz CT molecular complexity index is 1230. The Labute approximate surface area is 221 Å². The molecular weight excluding hydrogens is 530 g/mol. The first-order chi connectivity index (χ1) is 17.9. The summed E-state index contributed by atoms with van der Waals surface area (Å²) in [5.41, 5.74) is -1.76. The van der Waals surface area contributed by atoms with Gasteiger partial charge < -0.3 is 10.2 Å². The van der Waals surface area contributed by atoms with Crippen LogP contribution < -0.4 is 5.32 Å². The summed E-state index contributed by atoms with van der Waals surface area (Å²) in [6, 6.07) is 17.2. The summed E-state index contributed by atoms with van der Waals surface area (Å²) in [5.74, 6) is -0.851.